The Hall–Kier alpha value is -3.62. The quantitative estimate of drug-likeness (QED) is 0.381. The van der Waals surface area contributed by atoms with Gasteiger partial charge in [0.2, 0.25) is 10.0 Å². The van der Waals surface area contributed by atoms with Gasteiger partial charge in [0.15, 0.2) is 0 Å². The van der Waals surface area contributed by atoms with E-state index in [9.17, 15) is 8.42 Å². The number of rotatable bonds is 8. The smallest absolute Gasteiger partial charge is 0.241 e. The predicted molar refractivity (Wildman–Crippen MR) is 130 cm³/mol. The Kier molecular flexibility index (Phi) is 6.48. The van der Waals surface area contributed by atoms with E-state index in [1.54, 1.807) is 63.7 Å². The Morgan fingerprint density at radius 2 is 1.52 bits per heavy atom. The van der Waals surface area contributed by atoms with E-state index >= 15 is 0 Å². The highest BCUT2D eigenvalue weighted by molar-refractivity contribution is 7.89. The Morgan fingerprint density at radius 1 is 0.848 bits per heavy atom. The number of pyridine rings is 1. The fraction of sp³-hybridized carbons (Fsp3) is 0.160. The average Bonchev–Trinajstić information content (AvgIpc) is 2.84. The third-order valence-corrected chi connectivity index (χ3v) is 6.90. The minimum Gasteiger partial charge on any atom is -0.497 e. The Balaban J connectivity index is 1.50. The van der Waals surface area contributed by atoms with Crippen molar-refractivity contribution in [3.05, 3.63) is 84.6 Å². The molecule has 7 nitrogen and oxygen atoms in total. The number of nitrogens with zero attached hydrogens (tertiary/aromatic N) is 1. The van der Waals surface area contributed by atoms with Crippen molar-refractivity contribution in [1.29, 1.82) is 0 Å². The van der Waals surface area contributed by atoms with E-state index in [-0.39, 0.29) is 10.9 Å². The van der Waals surface area contributed by atoms with Gasteiger partial charge in [-0.15, -0.1) is 0 Å². The monoisotopic (exact) mass is 463 g/mol. The molecule has 0 saturated carbocycles. The van der Waals surface area contributed by atoms with Gasteiger partial charge in [-0.25, -0.2) is 13.1 Å². The SMILES string of the molecule is COc1ccc(C(C)NS(=O)(=O)c2ccc(Nc3ccnc4cc(OC)ccc34)cc2)cc1. The molecule has 0 fully saturated rings. The van der Waals surface area contributed by atoms with Gasteiger partial charge in [-0.05, 0) is 67.1 Å². The van der Waals surface area contributed by atoms with E-state index in [4.69, 9.17) is 9.47 Å². The molecule has 1 heterocycles. The van der Waals surface area contributed by atoms with Crippen molar-refractivity contribution in [1.82, 2.24) is 9.71 Å². The number of benzene rings is 3. The summed E-state index contributed by atoms with van der Waals surface area (Å²) in [6, 6.07) is 21.1. The lowest BCUT2D eigenvalue weighted by Gasteiger charge is -2.16. The van der Waals surface area contributed by atoms with Gasteiger partial charge < -0.3 is 14.8 Å². The number of hydrogen-bond acceptors (Lipinski definition) is 6. The summed E-state index contributed by atoms with van der Waals surface area (Å²) >= 11 is 0. The standard InChI is InChI=1S/C25H25N3O4S/c1-17(18-4-8-20(31-2)9-5-18)28-33(29,30)22-11-6-19(7-12-22)27-24-14-15-26-25-16-21(32-3)10-13-23(24)25/h4-17,28H,1-3H3,(H,26,27). The number of nitrogens with one attached hydrogen (secondary N) is 2. The van der Waals surface area contributed by atoms with Crippen molar-refractivity contribution in [2.24, 2.45) is 0 Å². The van der Waals surface area contributed by atoms with E-state index in [1.165, 1.54) is 0 Å². The van der Waals surface area contributed by atoms with Crippen LogP contribution in [-0.4, -0.2) is 27.6 Å². The highest BCUT2D eigenvalue weighted by atomic mass is 32.2. The summed E-state index contributed by atoms with van der Waals surface area (Å²) in [6.07, 6.45) is 1.72. The topological polar surface area (TPSA) is 89.5 Å². The molecule has 1 unspecified atom stereocenters. The summed E-state index contributed by atoms with van der Waals surface area (Å²) in [4.78, 5) is 4.58. The van der Waals surface area contributed by atoms with Crippen molar-refractivity contribution >= 4 is 32.3 Å². The average molecular weight is 464 g/mol. The van der Waals surface area contributed by atoms with Crippen LogP contribution in [0.3, 0.4) is 0 Å². The van der Waals surface area contributed by atoms with Crippen molar-refractivity contribution < 1.29 is 17.9 Å². The summed E-state index contributed by atoms with van der Waals surface area (Å²) in [6.45, 7) is 1.80. The van der Waals surface area contributed by atoms with Gasteiger partial charge in [0.05, 0.1) is 24.6 Å². The molecule has 0 amide bonds. The molecule has 3 aromatic carbocycles. The first-order valence-electron chi connectivity index (χ1n) is 10.4. The summed E-state index contributed by atoms with van der Waals surface area (Å²) in [7, 11) is -0.480. The lowest BCUT2D eigenvalue weighted by molar-refractivity contribution is 0.414. The number of ether oxygens (including phenoxy) is 2. The first-order chi connectivity index (χ1) is 15.9. The molecule has 0 saturated heterocycles. The molecule has 1 atom stereocenters. The molecule has 8 heteroatoms. The molecule has 170 valence electrons. The van der Waals surface area contributed by atoms with Gasteiger partial charge in [-0.3, -0.25) is 4.98 Å². The zero-order chi connectivity index (χ0) is 23.4. The van der Waals surface area contributed by atoms with Crippen LogP contribution in [0.5, 0.6) is 11.5 Å². The molecule has 0 aliphatic carbocycles. The third-order valence-electron chi connectivity index (χ3n) is 5.34. The van der Waals surface area contributed by atoms with Crippen molar-refractivity contribution in [3.63, 3.8) is 0 Å². The van der Waals surface area contributed by atoms with Crippen molar-refractivity contribution in [2.75, 3.05) is 19.5 Å². The fourth-order valence-electron chi connectivity index (χ4n) is 3.50. The maximum absolute atomic E-state index is 12.9. The van der Waals surface area contributed by atoms with Crippen molar-refractivity contribution in [3.8, 4) is 11.5 Å². The Labute approximate surface area is 193 Å². The van der Waals surface area contributed by atoms with Crippen LogP contribution < -0.4 is 19.5 Å². The highest BCUT2D eigenvalue weighted by Crippen LogP contribution is 2.28. The molecule has 1 aromatic heterocycles. The Morgan fingerprint density at radius 3 is 2.18 bits per heavy atom. The third kappa shape index (κ3) is 5.08. The summed E-state index contributed by atoms with van der Waals surface area (Å²) in [5.74, 6) is 1.45. The van der Waals surface area contributed by atoms with Crippen LogP contribution in [0.1, 0.15) is 18.5 Å². The van der Waals surface area contributed by atoms with E-state index in [1.807, 2.05) is 36.4 Å². The predicted octanol–water partition coefficient (Wildman–Crippen LogP) is 5.04. The minimum atomic E-state index is -3.69. The molecule has 0 radical (unpaired) electrons. The molecule has 2 N–H and O–H groups in total. The van der Waals surface area contributed by atoms with Crippen LogP contribution in [0.25, 0.3) is 10.9 Å². The Bertz CT molecular complexity index is 1360. The number of anilines is 2. The van der Waals surface area contributed by atoms with Gasteiger partial charge in [0, 0.05) is 35.1 Å². The molecule has 0 aliphatic heterocycles. The second kappa shape index (κ2) is 9.48. The first-order valence-corrected chi connectivity index (χ1v) is 11.8. The van der Waals surface area contributed by atoms with E-state index in [0.717, 1.165) is 39.3 Å². The van der Waals surface area contributed by atoms with Crippen LogP contribution in [0.2, 0.25) is 0 Å². The highest BCUT2D eigenvalue weighted by Gasteiger charge is 2.18. The fourth-order valence-corrected chi connectivity index (χ4v) is 4.73. The number of aromatic nitrogens is 1. The largest absolute Gasteiger partial charge is 0.497 e. The molecule has 4 aromatic rings. The number of fused-ring (bicyclic) bond motifs is 1. The van der Waals surface area contributed by atoms with Gasteiger partial charge in [0.25, 0.3) is 0 Å². The second-order valence-electron chi connectivity index (χ2n) is 7.51. The first kappa shape index (κ1) is 22.6. The van der Waals surface area contributed by atoms with Crippen LogP contribution in [0, 0.1) is 0 Å². The molecule has 4 rings (SSSR count). The zero-order valence-corrected chi connectivity index (χ0v) is 19.4. The van der Waals surface area contributed by atoms with E-state index < -0.39 is 10.0 Å². The maximum Gasteiger partial charge on any atom is 0.241 e. The normalized spacial score (nSPS) is 12.3. The van der Waals surface area contributed by atoms with Crippen LogP contribution in [-0.2, 0) is 10.0 Å². The van der Waals surface area contributed by atoms with E-state index in [2.05, 4.69) is 15.0 Å². The second-order valence-corrected chi connectivity index (χ2v) is 9.22. The minimum absolute atomic E-state index is 0.192. The molecule has 0 aliphatic rings. The molecule has 33 heavy (non-hydrogen) atoms. The molecule has 0 spiro atoms. The van der Waals surface area contributed by atoms with Gasteiger partial charge in [-0.2, -0.15) is 0 Å². The van der Waals surface area contributed by atoms with Crippen molar-refractivity contribution in [2.45, 2.75) is 17.9 Å². The van der Waals surface area contributed by atoms with Gasteiger partial charge in [0.1, 0.15) is 11.5 Å². The van der Waals surface area contributed by atoms with E-state index in [0.29, 0.717) is 0 Å². The summed E-state index contributed by atoms with van der Waals surface area (Å²) in [5, 5.41) is 4.27. The molecular formula is C25H25N3O4S. The lowest BCUT2D eigenvalue weighted by atomic mass is 10.1. The molecular weight excluding hydrogens is 438 g/mol. The number of hydrogen-bond donors (Lipinski definition) is 2. The molecule has 0 bridgehead atoms. The van der Waals surface area contributed by atoms with Crippen LogP contribution in [0.15, 0.2) is 83.9 Å². The lowest BCUT2D eigenvalue weighted by Crippen LogP contribution is -2.26. The van der Waals surface area contributed by atoms with Gasteiger partial charge >= 0.3 is 0 Å². The number of sulfonamides is 1. The summed E-state index contributed by atoms with van der Waals surface area (Å²) < 4.78 is 38.9. The van der Waals surface area contributed by atoms with Gasteiger partial charge in [-0.1, -0.05) is 12.1 Å². The number of methoxy groups -OCH3 is 2. The summed E-state index contributed by atoms with van der Waals surface area (Å²) in [5.41, 5.74) is 3.28. The maximum atomic E-state index is 12.9. The van der Waals surface area contributed by atoms with Crippen LogP contribution in [0.4, 0.5) is 11.4 Å². The zero-order valence-electron chi connectivity index (χ0n) is 18.6. The van der Waals surface area contributed by atoms with Crippen LogP contribution >= 0.6 is 0 Å².